The number of methoxy groups -OCH3 is 1. The van der Waals surface area contributed by atoms with Crippen molar-refractivity contribution >= 4 is 16.7 Å². The molecule has 0 amide bonds. The van der Waals surface area contributed by atoms with Crippen LogP contribution in [0.15, 0.2) is 36.4 Å². The molecule has 0 atom stereocenters. The third-order valence-electron chi connectivity index (χ3n) is 3.19. The maximum absolute atomic E-state index is 10.4. The van der Waals surface area contributed by atoms with Crippen LogP contribution < -0.4 is 10.1 Å². The summed E-state index contributed by atoms with van der Waals surface area (Å²) in [6.45, 7) is 1.47. The molecule has 4 heteroatoms. The fourth-order valence-corrected chi connectivity index (χ4v) is 2.11. The molecule has 0 fully saturated rings. The van der Waals surface area contributed by atoms with Gasteiger partial charge < -0.3 is 15.2 Å². The number of hydrogen-bond donors (Lipinski definition) is 2. The summed E-state index contributed by atoms with van der Waals surface area (Å²) < 4.78 is 5.20. The van der Waals surface area contributed by atoms with E-state index in [0.717, 1.165) is 17.7 Å². The first-order chi connectivity index (χ1) is 9.69. The molecular weight excluding hydrogens is 254 g/mol. The number of aliphatic carboxylic acids is 1. The van der Waals surface area contributed by atoms with Crippen LogP contribution in [-0.4, -0.2) is 24.7 Å². The number of carboxylic acid groups (broad SMARTS) is 1. The zero-order chi connectivity index (χ0) is 14.4. The summed E-state index contributed by atoms with van der Waals surface area (Å²) in [4.78, 5) is 10.4. The van der Waals surface area contributed by atoms with E-state index in [2.05, 4.69) is 23.5 Å². The molecule has 0 saturated heterocycles. The van der Waals surface area contributed by atoms with Crippen LogP contribution in [0.5, 0.6) is 5.75 Å². The van der Waals surface area contributed by atoms with Crippen molar-refractivity contribution < 1.29 is 14.6 Å². The third kappa shape index (κ3) is 3.96. The molecule has 106 valence electrons. The highest BCUT2D eigenvalue weighted by Gasteiger charge is 2.00. The Morgan fingerprint density at radius 1 is 1.20 bits per heavy atom. The molecule has 2 N–H and O–H groups in total. The van der Waals surface area contributed by atoms with Gasteiger partial charge in [0.1, 0.15) is 5.75 Å². The van der Waals surface area contributed by atoms with Crippen LogP contribution in [0.2, 0.25) is 0 Å². The molecule has 0 unspecified atom stereocenters. The minimum Gasteiger partial charge on any atom is -0.497 e. The average Bonchev–Trinajstić information content (AvgIpc) is 2.46. The SMILES string of the molecule is COc1ccc2cc(CNCCCC(=O)O)ccc2c1. The van der Waals surface area contributed by atoms with Crippen molar-refractivity contribution in [2.45, 2.75) is 19.4 Å². The van der Waals surface area contributed by atoms with Gasteiger partial charge in [-0.3, -0.25) is 4.79 Å². The van der Waals surface area contributed by atoms with Crippen LogP contribution in [0.1, 0.15) is 18.4 Å². The lowest BCUT2D eigenvalue weighted by atomic mass is 10.1. The van der Waals surface area contributed by atoms with Crippen LogP contribution in [0, 0.1) is 0 Å². The molecule has 2 aromatic rings. The van der Waals surface area contributed by atoms with Gasteiger partial charge in [0.15, 0.2) is 0 Å². The van der Waals surface area contributed by atoms with Gasteiger partial charge in [-0.1, -0.05) is 18.2 Å². The van der Waals surface area contributed by atoms with E-state index >= 15 is 0 Å². The molecule has 0 aliphatic rings. The molecule has 4 nitrogen and oxygen atoms in total. The number of carboxylic acids is 1. The highest BCUT2D eigenvalue weighted by molar-refractivity contribution is 5.84. The monoisotopic (exact) mass is 273 g/mol. The van der Waals surface area contributed by atoms with Gasteiger partial charge in [-0.2, -0.15) is 0 Å². The fourth-order valence-electron chi connectivity index (χ4n) is 2.11. The summed E-state index contributed by atoms with van der Waals surface area (Å²) in [5.74, 6) is 0.114. The zero-order valence-corrected chi connectivity index (χ0v) is 11.6. The Morgan fingerprint density at radius 2 is 1.95 bits per heavy atom. The van der Waals surface area contributed by atoms with Gasteiger partial charge in [-0.15, -0.1) is 0 Å². The lowest BCUT2D eigenvalue weighted by Gasteiger charge is -2.07. The average molecular weight is 273 g/mol. The highest BCUT2D eigenvalue weighted by atomic mass is 16.5. The fraction of sp³-hybridized carbons (Fsp3) is 0.312. The summed E-state index contributed by atoms with van der Waals surface area (Å²) in [6, 6.07) is 12.3. The first kappa shape index (κ1) is 14.3. The van der Waals surface area contributed by atoms with Crippen molar-refractivity contribution in [1.82, 2.24) is 5.32 Å². The van der Waals surface area contributed by atoms with Gasteiger partial charge in [0.2, 0.25) is 0 Å². The van der Waals surface area contributed by atoms with Crippen LogP contribution in [0.25, 0.3) is 10.8 Å². The van der Waals surface area contributed by atoms with E-state index in [0.29, 0.717) is 13.0 Å². The van der Waals surface area contributed by atoms with Crippen molar-refractivity contribution in [3.8, 4) is 5.75 Å². The second kappa shape index (κ2) is 6.91. The molecule has 0 aromatic heterocycles. The van der Waals surface area contributed by atoms with E-state index in [1.54, 1.807) is 7.11 Å². The topological polar surface area (TPSA) is 58.6 Å². The lowest BCUT2D eigenvalue weighted by molar-refractivity contribution is -0.137. The Labute approximate surface area is 118 Å². The maximum Gasteiger partial charge on any atom is 0.303 e. The molecule has 0 spiro atoms. The quantitative estimate of drug-likeness (QED) is 0.762. The van der Waals surface area contributed by atoms with Crippen molar-refractivity contribution in [2.75, 3.05) is 13.7 Å². The van der Waals surface area contributed by atoms with Gasteiger partial charge in [-0.25, -0.2) is 0 Å². The minimum absolute atomic E-state index is 0.213. The Kier molecular flexibility index (Phi) is 4.96. The van der Waals surface area contributed by atoms with Crippen molar-refractivity contribution in [3.05, 3.63) is 42.0 Å². The van der Waals surface area contributed by atoms with E-state index in [1.165, 1.54) is 10.9 Å². The summed E-state index contributed by atoms with van der Waals surface area (Å²) in [6.07, 6.45) is 0.866. The van der Waals surface area contributed by atoms with Crippen molar-refractivity contribution in [1.29, 1.82) is 0 Å². The normalized spacial score (nSPS) is 10.7. The van der Waals surface area contributed by atoms with Crippen molar-refractivity contribution in [2.24, 2.45) is 0 Å². The summed E-state index contributed by atoms with van der Waals surface area (Å²) in [7, 11) is 1.66. The standard InChI is InChI=1S/C16H19NO3/c1-20-15-7-6-13-9-12(4-5-14(13)10-15)11-17-8-2-3-16(18)19/h4-7,9-10,17H,2-3,8,11H2,1H3,(H,18,19). The zero-order valence-electron chi connectivity index (χ0n) is 11.6. The molecular formula is C16H19NO3. The van der Waals surface area contributed by atoms with Crippen LogP contribution >= 0.6 is 0 Å². The van der Waals surface area contributed by atoms with E-state index < -0.39 is 5.97 Å². The van der Waals surface area contributed by atoms with Crippen LogP contribution in [0.4, 0.5) is 0 Å². The predicted molar refractivity (Wildman–Crippen MR) is 79.1 cm³/mol. The molecule has 0 saturated carbocycles. The maximum atomic E-state index is 10.4. The van der Waals surface area contributed by atoms with Gasteiger partial charge in [0, 0.05) is 13.0 Å². The van der Waals surface area contributed by atoms with Gasteiger partial charge in [0.25, 0.3) is 0 Å². The van der Waals surface area contributed by atoms with E-state index in [1.807, 2.05) is 18.2 Å². The second-order valence-electron chi connectivity index (χ2n) is 4.72. The Bertz CT molecular complexity index is 595. The highest BCUT2D eigenvalue weighted by Crippen LogP contribution is 2.21. The second-order valence-corrected chi connectivity index (χ2v) is 4.72. The summed E-state index contributed by atoms with van der Waals surface area (Å²) in [5.41, 5.74) is 1.19. The van der Waals surface area contributed by atoms with Gasteiger partial charge in [-0.05, 0) is 47.5 Å². The smallest absolute Gasteiger partial charge is 0.303 e. The Balaban J connectivity index is 1.93. The first-order valence-electron chi connectivity index (χ1n) is 6.68. The molecule has 0 aliphatic carbocycles. The number of rotatable bonds is 7. The predicted octanol–water partition coefficient (Wildman–Crippen LogP) is 2.80. The van der Waals surface area contributed by atoms with Crippen LogP contribution in [0.3, 0.4) is 0 Å². The molecule has 0 heterocycles. The Morgan fingerprint density at radius 3 is 2.70 bits per heavy atom. The first-order valence-corrected chi connectivity index (χ1v) is 6.68. The lowest BCUT2D eigenvalue weighted by Crippen LogP contribution is -2.15. The number of carbonyl (C=O) groups is 1. The molecule has 2 aromatic carbocycles. The third-order valence-corrected chi connectivity index (χ3v) is 3.19. The molecule has 2 rings (SSSR count). The van der Waals surface area contributed by atoms with Gasteiger partial charge >= 0.3 is 5.97 Å². The van der Waals surface area contributed by atoms with E-state index in [4.69, 9.17) is 9.84 Å². The summed E-state index contributed by atoms with van der Waals surface area (Å²) in [5, 5.41) is 14.1. The molecule has 20 heavy (non-hydrogen) atoms. The minimum atomic E-state index is -0.744. The largest absolute Gasteiger partial charge is 0.497 e. The number of fused-ring (bicyclic) bond motifs is 1. The van der Waals surface area contributed by atoms with Crippen LogP contribution in [-0.2, 0) is 11.3 Å². The number of benzene rings is 2. The summed E-state index contributed by atoms with van der Waals surface area (Å²) >= 11 is 0. The van der Waals surface area contributed by atoms with E-state index in [9.17, 15) is 4.79 Å². The Hall–Kier alpha value is -2.07. The number of ether oxygens (including phenoxy) is 1. The van der Waals surface area contributed by atoms with E-state index in [-0.39, 0.29) is 6.42 Å². The number of nitrogens with one attached hydrogen (secondary N) is 1. The molecule has 0 aliphatic heterocycles. The molecule has 0 radical (unpaired) electrons. The number of hydrogen-bond acceptors (Lipinski definition) is 3. The molecule has 0 bridgehead atoms. The van der Waals surface area contributed by atoms with Crippen molar-refractivity contribution in [3.63, 3.8) is 0 Å². The van der Waals surface area contributed by atoms with Gasteiger partial charge in [0.05, 0.1) is 7.11 Å².